The van der Waals surface area contributed by atoms with Gasteiger partial charge < -0.3 is 14.5 Å². The van der Waals surface area contributed by atoms with E-state index in [1.807, 2.05) is 6.92 Å². The molecule has 4 nitrogen and oxygen atoms in total. The maximum absolute atomic E-state index is 11.6. The molecule has 1 unspecified atom stereocenters. The highest BCUT2D eigenvalue weighted by Gasteiger charge is 2.45. The molecule has 1 aromatic carbocycles. The molecule has 0 bridgehead atoms. The Hall–Kier alpha value is -0.670. The predicted octanol–water partition coefficient (Wildman–Crippen LogP) is 2.85. The van der Waals surface area contributed by atoms with Crippen LogP contribution in [0, 0.1) is 0 Å². The normalized spacial score (nSPS) is 15.5. The molecular weight excluding hydrogens is 239 g/mol. The Kier molecular flexibility index (Phi) is 4.90. The van der Waals surface area contributed by atoms with Gasteiger partial charge in [-0.15, -0.1) is 0 Å². The zero-order chi connectivity index (χ0) is 12.9. The summed E-state index contributed by atoms with van der Waals surface area (Å²) in [4.78, 5) is 19.0. The molecule has 1 rings (SSSR count). The van der Waals surface area contributed by atoms with E-state index in [1.165, 1.54) is 6.92 Å². The van der Waals surface area contributed by atoms with E-state index in [2.05, 4.69) is 0 Å². The minimum Gasteiger partial charge on any atom is -0.358 e. The SMILES string of the molecule is CCCCOC(C)(c1ccccc1)P(=O)(O)O. The second kappa shape index (κ2) is 5.78. The van der Waals surface area contributed by atoms with Gasteiger partial charge in [0.25, 0.3) is 0 Å². The van der Waals surface area contributed by atoms with E-state index in [1.54, 1.807) is 30.3 Å². The largest absolute Gasteiger partial charge is 0.361 e. The van der Waals surface area contributed by atoms with E-state index < -0.39 is 12.9 Å². The van der Waals surface area contributed by atoms with Crippen molar-refractivity contribution >= 4 is 7.60 Å². The van der Waals surface area contributed by atoms with Crippen molar-refractivity contribution in [1.82, 2.24) is 0 Å². The lowest BCUT2D eigenvalue weighted by Gasteiger charge is -2.31. The summed E-state index contributed by atoms with van der Waals surface area (Å²) < 4.78 is 17.1. The fraction of sp³-hybridized carbons (Fsp3) is 0.500. The van der Waals surface area contributed by atoms with Crippen LogP contribution in [0.3, 0.4) is 0 Å². The third kappa shape index (κ3) is 3.39. The Morgan fingerprint density at radius 2 is 1.88 bits per heavy atom. The monoisotopic (exact) mass is 258 g/mol. The second-order valence-electron chi connectivity index (χ2n) is 4.09. The van der Waals surface area contributed by atoms with Crippen LogP contribution in [0.15, 0.2) is 30.3 Å². The minimum atomic E-state index is -4.37. The molecule has 0 spiro atoms. The summed E-state index contributed by atoms with van der Waals surface area (Å²) in [5.41, 5.74) is 0.504. The highest BCUT2D eigenvalue weighted by molar-refractivity contribution is 7.52. The molecule has 5 heteroatoms. The molecule has 2 N–H and O–H groups in total. The number of hydrogen-bond acceptors (Lipinski definition) is 2. The van der Waals surface area contributed by atoms with E-state index in [0.717, 1.165) is 12.8 Å². The van der Waals surface area contributed by atoms with Gasteiger partial charge in [0.2, 0.25) is 0 Å². The standard InChI is InChI=1S/C12H19O4P/c1-3-4-10-16-12(2,17(13,14)15)11-8-6-5-7-9-11/h5-9H,3-4,10H2,1-2H3,(H2,13,14,15). The average molecular weight is 258 g/mol. The molecule has 96 valence electrons. The van der Waals surface area contributed by atoms with Gasteiger partial charge in [-0.05, 0) is 18.9 Å². The third-order valence-corrected chi connectivity index (χ3v) is 4.25. The zero-order valence-corrected chi connectivity index (χ0v) is 11.1. The van der Waals surface area contributed by atoms with Gasteiger partial charge in [-0.2, -0.15) is 0 Å². The van der Waals surface area contributed by atoms with Crippen LogP contribution in [0.1, 0.15) is 32.3 Å². The van der Waals surface area contributed by atoms with Crippen molar-refractivity contribution in [3.8, 4) is 0 Å². The van der Waals surface area contributed by atoms with E-state index in [4.69, 9.17) is 4.74 Å². The van der Waals surface area contributed by atoms with Crippen LogP contribution in [-0.2, 0) is 14.6 Å². The molecule has 1 atom stereocenters. The summed E-state index contributed by atoms with van der Waals surface area (Å²) in [6, 6.07) is 8.63. The maximum Gasteiger partial charge on any atom is 0.361 e. The molecule has 0 amide bonds. The van der Waals surface area contributed by atoms with Gasteiger partial charge in [-0.3, -0.25) is 4.57 Å². The van der Waals surface area contributed by atoms with Gasteiger partial charge in [0.15, 0.2) is 5.34 Å². The fourth-order valence-corrected chi connectivity index (χ4v) is 2.24. The van der Waals surface area contributed by atoms with Crippen molar-refractivity contribution in [2.75, 3.05) is 6.61 Å². The van der Waals surface area contributed by atoms with Crippen LogP contribution < -0.4 is 0 Å². The molecule has 0 heterocycles. The first-order valence-electron chi connectivity index (χ1n) is 5.67. The van der Waals surface area contributed by atoms with Gasteiger partial charge >= 0.3 is 7.60 Å². The molecule has 0 saturated carbocycles. The van der Waals surface area contributed by atoms with Gasteiger partial charge in [0.1, 0.15) is 0 Å². The Bertz CT molecular complexity index is 387. The molecular formula is C12H19O4P. The van der Waals surface area contributed by atoms with Crippen molar-refractivity contribution in [3.05, 3.63) is 35.9 Å². The Balaban J connectivity index is 2.99. The fourth-order valence-electron chi connectivity index (χ4n) is 1.50. The smallest absolute Gasteiger partial charge is 0.358 e. The molecule has 1 aromatic rings. The van der Waals surface area contributed by atoms with Gasteiger partial charge in [0.05, 0.1) is 0 Å². The summed E-state index contributed by atoms with van der Waals surface area (Å²) in [5.74, 6) is 0. The van der Waals surface area contributed by atoms with Crippen LogP contribution in [-0.4, -0.2) is 16.4 Å². The number of hydrogen-bond donors (Lipinski definition) is 2. The number of rotatable bonds is 6. The third-order valence-electron chi connectivity index (χ3n) is 2.75. The summed E-state index contributed by atoms with van der Waals surface area (Å²) in [5, 5.41) is -1.55. The molecule has 0 aliphatic rings. The molecule has 0 saturated heterocycles. The van der Waals surface area contributed by atoms with Gasteiger partial charge in [-0.25, -0.2) is 0 Å². The van der Waals surface area contributed by atoms with Crippen LogP contribution in [0.4, 0.5) is 0 Å². The van der Waals surface area contributed by atoms with Crippen molar-refractivity contribution < 1.29 is 19.1 Å². The summed E-state index contributed by atoms with van der Waals surface area (Å²) in [7, 11) is -4.37. The number of ether oxygens (including phenoxy) is 1. The van der Waals surface area contributed by atoms with E-state index in [0.29, 0.717) is 12.2 Å². The first-order chi connectivity index (χ1) is 7.92. The molecule has 0 aliphatic carbocycles. The summed E-state index contributed by atoms with van der Waals surface area (Å²) in [6.07, 6.45) is 1.70. The number of unbranched alkanes of at least 4 members (excludes halogenated alkanes) is 1. The number of benzene rings is 1. The lowest BCUT2D eigenvalue weighted by atomic mass is 10.1. The van der Waals surface area contributed by atoms with Crippen LogP contribution in [0.25, 0.3) is 0 Å². The quantitative estimate of drug-likeness (QED) is 0.608. The van der Waals surface area contributed by atoms with Crippen LogP contribution in [0.5, 0.6) is 0 Å². The molecule has 0 radical (unpaired) electrons. The van der Waals surface area contributed by atoms with E-state index in [9.17, 15) is 14.4 Å². The van der Waals surface area contributed by atoms with Crippen molar-refractivity contribution in [3.63, 3.8) is 0 Å². The van der Waals surface area contributed by atoms with Crippen molar-refractivity contribution in [1.29, 1.82) is 0 Å². The predicted molar refractivity (Wildman–Crippen MR) is 66.7 cm³/mol. The Labute approximate surface area is 102 Å². The Morgan fingerprint density at radius 3 is 2.35 bits per heavy atom. The molecule has 0 aromatic heterocycles. The Morgan fingerprint density at radius 1 is 1.29 bits per heavy atom. The first kappa shape index (κ1) is 14.4. The second-order valence-corrected chi connectivity index (χ2v) is 6.04. The minimum absolute atomic E-state index is 0.340. The highest BCUT2D eigenvalue weighted by atomic mass is 31.2. The lowest BCUT2D eigenvalue weighted by molar-refractivity contribution is 0.00713. The van der Waals surface area contributed by atoms with E-state index in [-0.39, 0.29) is 0 Å². The topological polar surface area (TPSA) is 66.8 Å². The zero-order valence-electron chi connectivity index (χ0n) is 10.2. The molecule has 17 heavy (non-hydrogen) atoms. The first-order valence-corrected chi connectivity index (χ1v) is 7.28. The molecule has 0 aliphatic heterocycles. The lowest BCUT2D eigenvalue weighted by Crippen LogP contribution is -2.26. The van der Waals surface area contributed by atoms with Gasteiger partial charge in [0, 0.05) is 6.61 Å². The average Bonchev–Trinajstić information content (AvgIpc) is 2.29. The highest BCUT2D eigenvalue weighted by Crippen LogP contribution is 2.57. The molecule has 0 fully saturated rings. The maximum atomic E-state index is 11.6. The van der Waals surface area contributed by atoms with Crippen molar-refractivity contribution in [2.45, 2.75) is 32.0 Å². The van der Waals surface area contributed by atoms with Crippen LogP contribution >= 0.6 is 7.60 Å². The summed E-state index contributed by atoms with van der Waals surface area (Å²) >= 11 is 0. The van der Waals surface area contributed by atoms with E-state index >= 15 is 0 Å². The van der Waals surface area contributed by atoms with Crippen LogP contribution in [0.2, 0.25) is 0 Å². The van der Waals surface area contributed by atoms with Gasteiger partial charge in [-0.1, -0.05) is 43.7 Å². The summed E-state index contributed by atoms with van der Waals surface area (Å²) in [6.45, 7) is 3.78. The van der Waals surface area contributed by atoms with Crippen molar-refractivity contribution in [2.24, 2.45) is 0 Å².